The Labute approximate surface area is 135 Å². The van der Waals surface area contributed by atoms with Crippen molar-refractivity contribution >= 4 is 23.8 Å². The molecule has 106 valence electrons. The molecule has 0 unspecified atom stereocenters. The SMILES string of the molecule is Clc1ccc(C=Cc2cccc3c2Cc2ccccc2-3)cc1. The quantitative estimate of drug-likeness (QED) is 0.393. The second-order valence-corrected chi connectivity index (χ2v) is 6.03. The van der Waals surface area contributed by atoms with Crippen LogP contribution in [0.5, 0.6) is 0 Å². The van der Waals surface area contributed by atoms with E-state index in [1.165, 1.54) is 27.8 Å². The number of fused-ring (bicyclic) bond motifs is 3. The molecule has 0 heterocycles. The summed E-state index contributed by atoms with van der Waals surface area (Å²) in [6.07, 6.45) is 5.37. The van der Waals surface area contributed by atoms with Crippen molar-refractivity contribution in [3.63, 3.8) is 0 Å². The van der Waals surface area contributed by atoms with E-state index in [0.717, 1.165) is 17.0 Å². The Hall–Kier alpha value is -2.31. The number of hydrogen-bond donors (Lipinski definition) is 0. The summed E-state index contributed by atoms with van der Waals surface area (Å²) in [5, 5.41) is 0.771. The molecular weight excluding hydrogens is 288 g/mol. The molecule has 1 aliphatic carbocycles. The average molecular weight is 303 g/mol. The van der Waals surface area contributed by atoms with Crippen LogP contribution >= 0.6 is 11.6 Å². The summed E-state index contributed by atoms with van der Waals surface area (Å²) < 4.78 is 0. The number of rotatable bonds is 2. The lowest BCUT2D eigenvalue weighted by molar-refractivity contribution is 1.25. The summed E-state index contributed by atoms with van der Waals surface area (Å²) in [5.41, 5.74) is 8.05. The zero-order chi connectivity index (χ0) is 14.9. The Morgan fingerprint density at radius 1 is 0.727 bits per heavy atom. The third-order valence-electron chi connectivity index (χ3n) is 4.21. The van der Waals surface area contributed by atoms with Gasteiger partial charge in [-0.2, -0.15) is 0 Å². The second kappa shape index (κ2) is 5.47. The van der Waals surface area contributed by atoms with Gasteiger partial charge < -0.3 is 0 Å². The maximum absolute atomic E-state index is 5.93. The zero-order valence-electron chi connectivity index (χ0n) is 12.1. The molecule has 0 bridgehead atoms. The molecule has 0 fully saturated rings. The Balaban J connectivity index is 1.72. The fraction of sp³-hybridized carbons (Fsp3) is 0.0476. The summed E-state index contributed by atoms with van der Waals surface area (Å²) in [4.78, 5) is 0. The van der Waals surface area contributed by atoms with Gasteiger partial charge in [0, 0.05) is 5.02 Å². The fourth-order valence-corrected chi connectivity index (χ4v) is 3.22. The lowest BCUT2D eigenvalue weighted by Gasteiger charge is -2.04. The van der Waals surface area contributed by atoms with Crippen LogP contribution in [-0.2, 0) is 6.42 Å². The van der Waals surface area contributed by atoms with Crippen molar-refractivity contribution in [3.8, 4) is 11.1 Å². The molecule has 0 aromatic heterocycles. The van der Waals surface area contributed by atoms with Crippen LogP contribution in [0, 0.1) is 0 Å². The molecule has 0 N–H and O–H groups in total. The summed E-state index contributed by atoms with van der Waals surface area (Å²) in [7, 11) is 0. The van der Waals surface area contributed by atoms with E-state index < -0.39 is 0 Å². The molecular formula is C21H15Cl. The normalized spacial score (nSPS) is 12.4. The first-order chi connectivity index (χ1) is 10.8. The highest BCUT2D eigenvalue weighted by atomic mass is 35.5. The van der Waals surface area contributed by atoms with Crippen LogP contribution in [0.3, 0.4) is 0 Å². The summed E-state index contributed by atoms with van der Waals surface area (Å²) in [6, 6.07) is 23.2. The van der Waals surface area contributed by atoms with Crippen molar-refractivity contribution in [2.45, 2.75) is 6.42 Å². The molecule has 0 aliphatic heterocycles. The van der Waals surface area contributed by atoms with E-state index in [9.17, 15) is 0 Å². The third-order valence-corrected chi connectivity index (χ3v) is 4.46. The van der Waals surface area contributed by atoms with Gasteiger partial charge in [-0.1, -0.05) is 78.4 Å². The first-order valence-electron chi connectivity index (χ1n) is 7.45. The van der Waals surface area contributed by atoms with Gasteiger partial charge in [-0.3, -0.25) is 0 Å². The van der Waals surface area contributed by atoms with Crippen LogP contribution in [-0.4, -0.2) is 0 Å². The molecule has 0 saturated carbocycles. The Morgan fingerprint density at radius 2 is 1.50 bits per heavy atom. The molecule has 4 rings (SSSR count). The van der Waals surface area contributed by atoms with Crippen LogP contribution in [0.2, 0.25) is 5.02 Å². The molecule has 3 aromatic rings. The van der Waals surface area contributed by atoms with Gasteiger partial charge in [-0.15, -0.1) is 0 Å². The lowest BCUT2D eigenvalue weighted by atomic mass is 10.0. The van der Waals surface area contributed by atoms with Crippen molar-refractivity contribution in [2.24, 2.45) is 0 Å². The average Bonchev–Trinajstić information content (AvgIpc) is 2.94. The monoisotopic (exact) mass is 302 g/mol. The predicted octanol–water partition coefficient (Wildman–Crippen LogP) is 6.08. The van der Waals surface area contributed by atoms with Crippen LogP contribution in [0.4, 0.5) is 0 Å². The van der Waals surface area contributed by atoms with Crippen LogP contribution < -0.4 is 0 Å². The minimum Gasteiger partial charge on any atom is -0.0843 e. The number of hydrogen-bond acceptors (Lipinski definition) is 0. The third kappa shape index (κ3) is 2.36. The minimum atomic E-state index is 0.771. The van der Waals surface area contributed by atoms with Gasteiger partial charge in [0.1, 0.15) is 0 Å². The highest BCUT2D eigenvalue weighted by molar-refractivity contribution is 6.30. The molecule has 0 radical (unpaired) electrons. The number of halogens is 1. The van der Waals surface area contributed by atoms with Gasteiger partial charge >= 0.3 is 0 Å². The molecule has 0 spiro atoms. The van der Waals surface area contributed by atoms with Crippen LogP contribution in [0.1, 0.15) is 22.3 Å². The molecule has 0 atom stereocenters. The summed E-state index contributed by atoms with van der Waals surface area (Å²) in [6.45, 7) is 0. The van der Waals surface area contributed by atoms with E-state index >= 15 is 0 Å². The van der Waals surface area contributed by atoms with Gasteiger partial charge in [0.2, 0.25) is 0 Å². The predicted molar refractivity (Wildman–Crippen MR) is 95.1 cm³/mol. The highest BCUT2D eigenvalue weighted by Gasteiger charge is 2.19. The summed E-state index contributed by atoms with van der Waals surface area (Å²) >= 11 is 5.93. The van der Waals surface area contributed by atoms with Crippen LogP contribution in [0.25, 0.3) is 23.3 Å². The smallest absolute Gasteiger partial charge is 0.0406 e. The van der Waals surface area contributed by atoms with Crippen LogP contribution in [0.15, 0.2) is 66.7 Å². The summed E-state index contributed by atoms with van der Waals surface area (Å²) in [5.74, 6) is 0. The Morgan fingerprint density at radius 3 is 2.36 bits per heavy atom. The van der Waals surface area contributed by atoms with Crippen molar-refractivity contribution in [3.05, 3.63) is 94.0 Å². The first-order valence-corrected chi connectivity index (χ1v) is 7.83. The van der Waals surface area contributed by atoms with E-state index in [2.05, 4.69) is 54.6 Å². The highest BCUT2D eigenvalue weighted by Crippen LogP contribution is 2.38. The molecule has 0 amide bonds. The van der Waals surface area contributed by atoms with Gasteiger partial charge in [-0.25, -0.2) is 0 Å². The zero-order valence-corrected chi connectivity index (χ0v) is 12.8. The van der Waals surface area contributed by atoms with Crippen molar-refractivity contribution in [1.29, 1.82) is 0 Å². The van der Waals surface area contributed by atoms with E-state index in [1.54, 1.807) is 0 Å². The maximum atomic E-state index is 5.93. The van der Waals surface area contributed by atoms with E-state index in [4.69, 9.17) is 11.6 Å². The number of benzene rings is 3. The maximum Gasteiger partial charge on any atom is 0.0406 e. The van der Waals surface area contributed by atoms with Crippen molar-refractivity contribution in [1.82, 2.24) is 0 Å². The van der Waals surface area contributed by atoms with E-state index in [1.807, 2.05) is 24.3 Å². The standard InChI is InChI=1S/C21H15Cl/c22-18-12-9-15(10-13-18)8-11-16-5-3-7-20-19-6-2-1-4-17(19)14-21(16)20/h1-13H,14H2. The second-order valence-electron chi connectivity index (χ2n) is 5.59. The van der Waals surface area contributed by atoms with E-state index in [-0.39, 0.29) is 0 Å². The van der Waals surface area contributed by atoms with E-state index in [0.29, 0.717) is 0 Å². The minimum absolute atomic E-state index is 0.771. The topological polar surface area (TPSA) is 0 Å². The van der Waals surface area contributed by atoms with Gasteiger partial charge in [0.15, 0.2) is 0 Å². The first kappa shape index (κ1) is 13.4. The molecule has 3 aromatic carbocycles. The molecule has 1 aliphatic rings. The largest absolute Gasteiger partial charge is 0.0843 e. The molecule has 0 saturated heterocycles. The molecule has 0 nitrogen and oxygen atoms in total. The fourth-order valence-electron chi connectivity index (χ4n) is 3.10. The molecule has 1 heteroatoms. The van der Waals surface area contributed by atoms with Crippen molar-refractivity contribution < 1.29 is 0 Å². The van der Waals surface area contributed by atoms with Crippen molar-refractivity contribution in [2.75, 3.05) is 0 Å². The molecule has 22 heavy (non-hydrogen) atoms. The van der Waals surface area contributed by atoms with Gasteiger partial charge in [-0.05, 0) is 51.9 Å². The Kier molecular flexibility index (Phi) is 3.32. The van der Waals surface area contributed by atoms with Gasteiger partial charge in [0.05, 0.1) is 0 Å². The Bertz CT molecular complexity index is 857. The lowest BCUT2D eigenvalue weighted by Crippen LogP contribution is -1.85. The van der Waals surface area contributed by atoms with Gasteiger partial charge in [0.25, 0.3) is 0 Å².